The normalized spacial score (nSPS) is 17.2. The van der Waals surface area contributed by atoms with E-state index in [1.807, 2.05) is 30.3 Å². The third kappa shape index (κ3) is 2.38. The second-order valence-corrected chi connectivity index (χ2v) is 5.72. The molecular weight excluding hydrogens is 272 g/mol. The number of rotatable bonds is 3. The zero-order valence-electron chi connectivity index (χ0n) is 11.2. The molecule has 0 spiro atoms. The molecule has 1 heterocycles. The number of pyridine rings is 1. The summed E-state index contributed by atoms with van der Waals surface area (Å²) in [7, 11) is 0. The van der Waals surface area contributed by atoms with Gasteiger partial charge in [-0.25, -0.2) is 0 Å². The fourth-order valence-corrected chi connectivity index (χ4v) is 3.29. The largest absolute Gasteiger partial charge is 0.345 e. The van der Waals surface area contributed by atoms with Crippen molar-refractivity contribution in [2.24, 2.45) is 0 Å². The Bertz CT molecular complexity index is 630. The molecule has 1 aromatic carbocycles. The molecule has 2 aromatic rings. The standard InChI is InChI=1S/C16H17ClN2O/c17-11-16(8-1-2-9-16)19-15(20)13-5-3-7-14-12(13)6-4-10-18-14/h3-7,10H,1-2,8-9,11H2,(H,19,20). The molecular formula is C16H17ClN2O. The quantitative estimate of drug-likeness (QED) is 0.878. The third-order valence-electron chi connectivity index (χ3n) is 4.09. The highest BCUT2D eigenvalue weighted by molar-refractivity contribution is 6.19. The molecule has 104 valence electrons. The Hall–Kier alpha value is -1.61. The lowest BCUT2D eigenvalue weighted by Crippen LogP contribution is -2.47. The molecule has 4 heteroatoms. The van der Waals surface area contributed by atoms with E-state index < -0.39 is 0 Å². The van der Waals surface area contributed by atoms with Gasteiger partial charge < -0.3 is 5.32 Å². The lowest BCUT2D eigenvalue weighted by Gasteiger charge is -2.28. The van der Waals surface area contributed by atoms with E-state index >= 15 is 0 Å². The molecule has 3 rings (SSSR count). The van der Waals surface area contributed by atoms with Crippen molar-refractivity contribution in [3.63, 3.8) is 0 Å². The minimum Gasteiger partial charge on any atom is -0.345 e. The predicted octanol–water partition coefficient (Wildman–Crippen LogP) is 3.52. The van der Waals surface area contributed by atoms with E-state index in [1.54, 1.807) is 6.20 Å². The molecule has 1 aliphatic rings. The second kappa shape index (κ2) is 5.41. The molecule has 0 saturated heterocycles. The van der Waals surface area contributed by atoms with Crippen LogP contribution in [0.15, 0.2) is 36.5 Å². The van der Waals surface area contributed by atoms with Gasteiger partial charge in [-0.2, -0.15) is 0 Å². The summed E-state index contributed by atoms with van der Waals surface area (Å²) in [6.45, 7) is 0. The van der Waals surface area contributed by atoms with Gasteiger partial charge in [0.05, 0.1) is 11.1 Å². The average Bonchev–Trinajstić information content (AvgIpc) is 2.95. The smallest absolute Gasteiger partial charge is 0.252 e. The molecule has 0 atom stereocenters. The van der Waals surface area contributed by atoms with Crippen LogP contribution in [0.5, 0.6) is 0 Å². The first-order valence-corrected chi connectivity index (χ1v) is 7.50. The minimum atomic E-state index is -0.233. The molecule has 1 aliphatic carbocycles. The number of carbonyl (C=O) groups excluding carboxylic acids is 1. The number of benzene rings is 1. The Kier molecular flexibility index (Phi) is 3.62. The number of amides is 1. The highest BCUT2D eigenvalue weighted by Crippen LogP contribution is 2.31. The Balaban J connectivity index is 1.93. The number of hydrogen-bond acceptors (Lipinski definition) is 2. The zero-order chi connectivity index (χ0) is 14.0. The van der Waals surface area contributed by atoms with Crippen molar-refractivity contribution in [2.45, 2.75) is 31.2 Å². The van der Waals surface area contributed by atoms with Gasteiger partial charge in [-0.1, -0.05) is 25.0 Å². The van der Waals surface area contributed by atoms with Gasteiger partial charge in [0.1, 0.15) is 0 Å². The molecule has 20 heavy (non-hydrogen) atoms. The highest BCUT2D eigenvalue weighted by Gasteiger charge is 2.34. The van der Waals surface area contributed by atoms with Crippen LogP contribution in [0.3, 0.4) is 0 Å². The number of fused-ring (bicyclic) bond motifs is 1. The van der Waals surface area contributed by atoms with Gasteiger partial charge in [-0.05, 0) is 31.0 Å². The lowest BCUT2D eigenvalue weighted by molar-refractivity contribution is 0.0911. The van der Waals surface area contributed by atoms with Crippen molar-refractivity contribution in [2.75, 3.05) is 5.88 Å². The Morgan fingerprint density at radius 1 is 1.25 bits per heavy atom. The summed E-state index contributed by atoms with van der Waals surface area (Å²) in [5.74, 6) is 0.424. The summed E-state index contributed by atoms with van der Waals surface area (Å²) in [4.78, 5) is 16.9. The maximum atomic E-state index is 12.6. The first kappa shape index (κ1) is 13.4. The SMILES string of the molecule is O=C(NC1(CCl)CCCC1)c1cccc2ncccc12. The van der Waals surface area contributed by atoms with Crippen LogP contribution in [0.2, 0.25) is 0 Å². The number of aromatic nitrogens is 1. The summed E-state index contributed by atoms with van der Waals surface area (Å²) in [6, 6.07) is 9.41. The van der Waals surface area contributed by atoms with Crippen LogP contribution < -0.4 is 5.32 Å². The van der Waals surface area contributed by atoms with Gasteiger partial charge >= 0.3 is 0 Å². The first-order chi connectivity index (χ1) is 9.74. The molecule has 1 N–H and O–H groups in total. The molecule has 1 aromatic heterocycles. The molecule has 0 bridgehead atoms. The highest BCUT2D eigenvalue weighted by atomic mass is 35.5. The van der Waals surface area contributed by atoms with Crippen molar-refractivity contribution in [3.05, 3.63) is 42.1 Å². The summed E-state index contributed by atoms with van der Waals surface area (Å²) in [5.41, 5.74) is 1.28. The molecule has 0 aliphatic heterocycles. The monoisotopic (exact) mass is 288 g/mol. The number of carbonyl (C=O) groups is 1. The van der Waals surface area contributed by atoms with Crippen LogP contribution in [0, 0.1) is 0 Å². The van der Waals surface area contributed by atoms with Crippen LogP contribution in [0.1, 0.15) is 36.0 Å². The Morgan fingerprint density at radius 3 is 2.80 bits per heavy atom. The molecule has 0 unspecified atom stereocenters. The summed E-state index contributed by atoms with van der Waals surface area (Å²) in [5, 5.41) is 4.04. The van der Waals surface area contributed by atoms with Gasteiger partial charge in [-0.3, -0.25) is 9.78 Å². The zero-order valence-corrected chi connectivity index (χ0v) is 12.0. The summed E-state index contributed by atoms with van der Waals surface area (Å²) < 4.78 is 0. The minimum absolute atomic E-state index is 0.0499. The number of halogens is 1. The topological polar surface area (TPSA) is 42.0 Å². The fourth-order valence-electron chi connectivity index (χ4n) is 2.95. The van der Waals surface area contributed by atoms with Gasteiger partial charge in [-0.15, -0.1) is 11.6 Å². The van der Waals surface area contributed by atoms with Gasteiger partial charge in [0, 0.05) is 23.0 Å². The van der Waals surface area contributed by atoms with Crippen molar-refractivity contribution in [3.8, 4) is 0 Å². The third-order valence-corrected chi connectivity index (χ3v) is 4.60. The summed E-state index contributed by atoms with van der Waals surface area (Å²) >= 11 is 6.09. The van der Waals surface area contributed by atoms with Crippen LogP contribution in [-0.2, 0) is 0 Å². The van der Waals surface area contributed by atoms with Crippen molar-refractivity contribution < 1.29 is 4.79 Å². The molecule has 1 fully saturated rings. The van der Waals surface area contributed by atoms with Crippen LogP contribution in [0.25, 0.3) is 10.9 Å². The van der Waals surface area contributed by atoms with Gasteiger partial charge in [0.25, 0.3) is 5.91 Å². The van der Waals surface area contributed by atoms with E-state index in [-0.39, 0.29) is 11.4 Å². The molecule has 1 amide bonds. The Labute approximate surface area is 123 Å². The van der Waals surface area contributed by atoms with Gasteiger partial charge in [0.15, 0.2) is 0 Å². The molecule has 0 radical (unpaired) electrons. The van der Waals surface area contributed by atoms with E-state index in [4.69, 9.17) is 11.6 Å². The fraction of sp³-hybridized carbons (Fsp3) is 0.375. The number of nitrogens with one attached hydrogen (secondary N) is 1. The van der Waals surface area contributed by atoms with Crippen molar-refractivity contribution >= 4 is 28.4 Å². The van der Waals surface area contributed by atoms with Crippen molar-refractivity contribution in [1.29, 1.82) is 0 Å². The van der Waals surface area contributed by atoms with Gasteiger partial charge in [0.2, 0.25) is 0 Å². The van der Waals surface area contributed by atoms with E-state index in [9.17, 15) is 4.79 Å². The average molecular weight is 289 g/mol. The predicted molar refractivity (Wildman–Crippen MR) is 81.1 cm³/mol. The Morgan fingerprint density at radius 2 is 2.05 bits per heavy atom. The lowest BCUT2D eigenvalue weighted by atomic mass is 9.99. The number of nitrogens with zero attached hydrogens (tertiary/aromatic N) is 1. The van der Waals surface area contributed by atoms with Crippen LogP contribution in [0.4, 0.5) is 0 Å². The van der Waals surface area contributed by atoms with Crippen molar-refractivity contribution in [1.82, 2.24) is 10.3 Å². The molecule has 3 nitrogen and oxygen atoms in total. The maximum absolute atomic E-state index is 12.6. The molecule has 1 saturated carbocycles. The van der Waals surface area contributed by atoms with E-state index in [1.165, 1.54) is 0 Å². The first-order valence-electron chi connectivity index (χ1n) is 6.96. The number of alkyl halides is 1. The maximum Gasteiger partial charge on any atom is 0.252 e. The van der Waals surface area contributed by atoms with Crippen LogP contribution >= 0.6 is 11.6 Å². The van der Waals surface area contributed by atoms with Crippen LogP contribution in [-0.4, -0.2) is 22.3 Å². The van der Waals surface area contributed by atoms with E-state index in [0.717, 1.165) is 36.6 Å². The second-order valence-electron chi connectivity index (χ2n) is 5.45. The number of hydrogen-bond donors (Lipinski definition) is 1. The van der Waals surface area contributed by atoms with E-state index in [0.29, 0.717) is 11.4 Å². The van der Waals surface area contributed by atoms with E-state index in [2.05, 4.69) is 10.3 Å². The summed E-state index contributed by atoms with van der Waals surface area (Å²) in [6.07, 6.45) is 5.92.